The molecular formula is C13H16ClN3O. The number of halogens is 1. The first-order valence-corrected chi connectivity index (χ1v) is 6.14. The van der Waals surface area contributed by atoms with Crippen molar-refractivity contribution >= 4 is 17.3 Å². The number of aryl methyl sites for hydroxylation is 1. The number of nitrogens with two attached hydrogens (primary N) is 1. The normalized spacial score (nSPS) is 10.9. The van der Waals surface area contributed by atoms with E-state index in [2.05, 4.69) is 5.10 Å². The van der Waals surface area contributed by atoms with Crippen LogP contribution < -0.4 is 10.5 Å². The number of rotatable bonds is 3. The van der Waals surface area contributed by atoms with E-state index in [1.54, 1.807) is 10.9 Å². The number of para-hydroxylation sites is 1. The number of hydrogen-bond donors (Lipinski definition) is 1. The Morgan fingerprint density at radius 3 is 2.67 bits per heavy atom. The van der Waals surface area contributed by atoms with Crippen molar-refractivity contribution in [3.63, 3.8) is 0 Å². The topological polar surface area (TPSA) is 53.1 Å². The van der Waals surface area contributed by atoms with E-state index in [4.69, 9.17) is 22.1 Å². The molecule has 18 heavy (non-hydrogen) atoms. The molecule has 0 radical (unpaired) electrons. The van der Waals surface area contributed by atoms with Crippen LogP contribution in [0.1, 0.15) is 19.5 Å². The van der Waals surface area contributed by atoms with Gasteiger partial charge in [0, 0.05) is 6.20 Å². The Kier molecular flexibility index (Phi) is 3.48. The Labute approximate surface area is 111 Å². The molecular weight excluding hydrogens is 250 g/mol. The second-order valence-electron chi connectivity index (χ2n) is 4.36. The van der Waals surface area contributed by atoms with Crippen LogP contribution in [0.25, 0.3) is 5.69 Å². The van der Waals surface area contributed by atoms with Crippen molar-refractivity contribution in [3.8, 4) is 11.4 Å². The Bertz CT molecular complexity index is 544. The predicted octanol–water partition coefficient (Wildman–Crippen LogP) is 3.20. The van der Waals surface area contributed by atoms with E-state index in [9.17, 15) is 0 Å². The van der Waals surface area contributed by atoms with E-state index in [1.165, 1.54) is 0 Å². The lowest BCUT2D eigenvalue weighted by Crippen LogP contribution is -2.09. The average Bonchev–Trinajstić information content (AvgIpc) is 2.61. The van der Waals surface area contributed by atoms with Gasteiger partial charge >= 0.3 is 0 Å². The van der Waals surface area contributed by atoms with Gasteiger partial charge in [-0.1, -0.05) is 17.7 Å². The maximum absolute atomic E-state index is 6.09. The third-order valence-electron chi connectivity index (χ3n) is 2.49. The monoisotopic (exact) mass is 265 g/mol. The maximum atomic E-state index is 6.09. The zero-order valence-corrected chi connectivity index (χ0v) is 11.4. The summed E-state index contributed by atoms with van der Waals surface area (Å²) in [5.41, 5.74) is 8.19. The highest BCUT2D eigenvalue weighted by atomic mass is 35.5. The molecule has 2 aromatic rings. The lowest BCUT2D eigenvalue weighted by molar-refractivity contribution is 0.244. The Morgan fingerprint density at radius 2 is 2.11 bits per heavy atom. The largest absolute Gasteiger partial charge is 0.489 e. The summed E-state index contributed by atoms with van der Waals surface area (Å²) in [5.74, 6) is 0.659. The van der Waals surface area contributed by atoms with E-state index >= 15 is 0 Å². The minimum absolute atomic E-state index is 0.0745. The maximum Gasteiger partial charge on any atom is 0.144 e. The standard InChI is InChI=1S/C13H16ClN3O/c1-8(2)18-12-6-4-5-11(13(12)15)17-7-10(14)9(3)16-17/h4-8H,15H2,1-3H3. The molecule has 2 N–H and O–H groups in total. The molecule has 0 aliphatic heterocycles. The molecule has 96 valence electrons. The van der Waals surface area contributed by atoms with Crippen LogP contribution in [0.3, 0.4) is 0 Å². The van der Waals surface area contributed by atoms with Gasteiger partial charge in [0.15, 0.2) is 0 Å². The molecule has 0 saturated carbocycles. The molecule has 1 aromatic heterocycles. The van der Waals surface area contributed by atoms with E-state index in [0.717, 1.165) is 11.4 Å². The zero-order valence-electron chi connectivity index (χ0n) is 10.6. The van der Waals surface area contributed by atoms with Gasteiger partial charge in [-0.2, -0.15) is 5.10 Å². The first kappa shape index (κ1) is 12.8. The Hall–Kier alpha value is -1.68. The highest BCUT2D eigenvalue weighted by Gasteiger charge is 2.11. The van der Waals surface area contributed by atoms with Gasteiger partial charge in [0.05, 0.1) is 22.5 Å². The van der Waals surface area contributed by atoms with Gasteiger partial charge in [0.25, 0.3) is 0 Å². The predicted molar refractivity (Wildman–Crippen MR) is 73.5 cm³/mol. The van der Waals surface area contributed by atoms with Gasteiger partial charge < -0.3 is 10.5 Å². The number of hydrogen-bond acceptors (Lipinski definition) is 3. The number of anilines is 1. The fourth-order valence-corrected chi connectivity index (χ4v) is 1.78. The summed E-state index contributed by atoms with van der Waals surface area (Å²) in [6.07, 6.45) is 1.81. The van der Waals surface area contributed by atoms with Crippen LogP contribution in [0.5, 0.6) is 5.75 Å². The molecule has 4 nitrogen and oxygen atoms in total. The average molecular weight is 266 g/mol. The zero-order chi connectivity index (χ0) is 13.3. The molecule has 0 aliphatic rings. The fraction of sp³-hybridized carbons (Fsp3) is 0.308. The molecule has 0 saturated heterocycles. The third-order valence-corrected chi connectivity index (χ3v) is 2.86. The van der Waals surface area contributed by atoms with Crippen molar-refractivity contribution in [1.29, 1.82) is 0 Å². The second kappa shape index (κ2) is 4.90. The molecule has 2 rings (SSSR count). The number of aromatic nitrogens is 2. The van der Waals surface area contributed by atoms with E-state index < -0.39 is 0 Å². The van der Waals surface area contributed by atoms with E-state index in [0.29, 0.717) is 16.5 Å². The van der Waals surface area contributed by atoms with Crippen molar-refractivity contribution < 1.29 is 4.74 Å². The first-order valence-electron chi connectivity index (χ1n) is 5.76. The van der Waals surface area contributed by atoms with Crippen LogP contribution in [-0.2, 0) is 0 Å². The van der Waals surface area contributed by atoms with Crippen LogP contribution in [0.15, 0.2) is 24.4 Å². The van der Waals surface area contributed by atoms with Gasteiger partial charge in [-0.05, 0) is 32.9 Å². The summed E-state index contributed by atoms with van der Waals surface area (Å²) >= 11 is 6.00. The highest BCUT2D eigenvalue weighted by molar-refractivity contribution is 6.31. The van der Waals surface area contributed by atoms with Crippen molar-refractivity contribution in [2.45, 2.75) is 26.9 Å². The van der Waals surface area contributed by atoms with Gasteiger partial charge in [0.1, 0.15) is 11.4 Å². The number of benzene rings is 1. The molecule has 0 spiro atoms. The Morgan fingerprint density at radius 1 is 1.39 bits per heavy atom. The van der Waals surface area contributed by atoms with Gasteiger partial charge in [-0.3, -0.25) is 0 Å². The number of nitrogen functional groups attached to an aromatic ring is 1. The molecule has 0 fully saturated rings. The smallest absolute Gasteiger partial charge is 0.144 e. The third kappa shape index (κ3) is 2.43. The summed E-state index contributed by atoms with van der Waals surface area (Å²) in [6.45, 7) is 5.77. The van der Waals surface area contributed by atoms with E-state index in [-0.39, 0.29) is 6.10 Å². The van der Waals surface area contributed by atoms with Crippen molar-refractivity contribution in [1.82, 2.24) is 9.78 Å². The summed E-state index contributed by atoms with van der Waals surface area (Å²) in [7, 11) is 0. The number of nitrogens with zero attached hydrogens (tertiary/aromatic N) is 2. The van der Waals surface area contributed by atoms with Crippen LogP contribution in [0.2, 0.25) is 5.02 Å². The molecule has 0 aliphatic carbocycles. The summed E-state index contributed by atoms with van der Waals surface area (Å²) < 4.78 is 7.31. The minimum atomic E-state index is 0.0745. The van der Waals surface area contributed by atoms with Gasteiger partial charge in [-0.25, -0.2) is 4.68 Å². The molecule has 1 aromatic carbocycles. The first-order chi connectivity index (χ1) is 8.49. The SMILES string of the molecule is Cc1nn(-c2cccc(OC(C)C)c2N)cc1Cl. The number of ether oxygens (including phenoxy) is 1. The molecule has 0 atom stereocenters. The lowest BCUT2D eigenvalue weighted by Gasteiger charge is -2.14. The van der Waals surface area contributed by atoms with Crippen LogP contribution >= 0.6 is 11.6 Å². The van der Waals surface area contributed by atoms with Crippen LogP contribution in [-0.4, -0.2) is 15.9 Å². The van der Waals surface area contributed by atoms with Crippen molar-refractivity contribution in [2.75, 3.05) is 5.73 Å². The summed E-state index contributed by atoms with van der Waals surface area (Å²) in [5, 5.41) is 4.93. The summed E-state index contributed by atoms with van der Waals surface area (Å²) in [4.78, 5) is 0. The van der Waals surface area contributed by atoms with Gasteiger partial charge in [-0.15, -0.1) is 0 Å². The molecule has 0 bridgehead atoms. The fourth-order valence-electron chi connectivity index (χ4n) is 1.65. The van der Waals surface area contributed by atoms with Gasteiger partial charge in [0.2, 0.25) is 0 Å². The Balaban J connectivity index is 2.45. The molecule has 0 amide bonds. The quantitative estimate of drug-likeness (QED) is 0.867. The van der Waals surface area contributed by atoms with Crippen molar-refractivity contribution in [2.24, 2.45) is 0 Å². The lowest BCUT2D eigenvalue weighted by atomic mass is 10.2. The highest BCUT2D eigenvalue weighted by Crippen LogP contribution is 2.29. The minimum Gasteiger partial charge on any atom is -0.489 e. The van der Waals surface area contributed by atoms with Crippen LogP contribution in [0.4, 0.5) is 5.69 Å². The molecule has 1 heterocycles. The molecule has 0 unspecified atom stereocenters. The molecule has 5 heteroatoms. The summed E-state index contributed by atoms with van der Waals surface area (Å²) in [6, 6.07) is 5.61. The van der Waals surface area contributed by atoms with E-state index in [1.807, 2.05) is 39.0 Å². The van der Waals surface area contributed by atoms with Crippen LogP contribution in [0, 0.1) is 6.92 Å². The van der Waals surface area contributed by atoms with Crippen molar-refractivity contribution in [3.05, 3.63) is 35.1 Å². The second-order valence-corrected chi connectivity index (χ2v) is 4.77.